The number of carbonyl (C=O) groups excluding carboxylic acids is 1. The molecule has 0 aliphatic heterocycles. The van der Waals surface area contributed by atoms with Gasteiger partial charge in [-0.3, -0.25) is 4.79 Å². The molecule has 0 spiro atoms. The van der Waals surface area contributed by atoms with Gasteiger partial charge in [-0.15, -0.1) is 11.3 Å². The Hall–Kier alpha value is -2.31. The average Bonchev–Trinajstić information content (AvgIpc) is 3.02. The summed E-state index contributed by atoms with van der Waals surface area (Å²) in [5.74, 6) is 0.951. The Morgan fingerprint density at radius 3 is 3.00 bits per heavy atom. The Morgan fingerprint density at radius 1 is 1.43 bits per heavy atom. The largest absolute Gasteiger partial charge is 0.495 e. The van der Waals surface area contributed by atoms with Gasteiger partial charge in [-0.25, -0.2) is 4.98 Å². The standard InChI is InChI=1S/C21H22ClN3O2S/c1-3-11-4-6-15-12(8-11)9-14-18(23)19(28-21(14)25-15)20(26)24-16-10-13(22)5-7-17(16)27-2/h5,7,9-11H,3-4,6,8,23H2,1-2H3,(H,24,26)/t11-/m0/s1. The van der Waals surface area contributed by atoms with Gasteiger partial charge in [-0.05, 0) is 55.0 Å². The van der Waals surface area contributed by atoms with Gasteiger partial charge in [-0.1, -0.05) is 24.9 Å². The molecule has 2 aromatic heterocycles. The first-order valence-corrected chi connectivity index (χ1v) is 10.5. The van der Waals surface area contributed by atoms with E-state index in [1.54, 1.807) is 25.3 Å². The molecule has 0 saturated heterocycles. The number of aromatic nitrogens is 1. The SMILES string of the molecule is CC[C@H]1CCc2nc3sc(C(=O)Nc4cc(Cl)ccc4OC)c(N)c3cc2C1. The van der Waals surface area contributed by atoms with Gasteiger partial charge in [0.1, 0.15) is 15.5 Å². The minimum Gasteiger partial charge on any atom is -0.495 e. The van der Waals surface area contributed by atoms with Crippen molar-refractivity contribution in [2.45, 2.75) is 32.6 Å². The molecule has 0 saturated carbocycles. The highest BCUT2D eigenvalue weighted by Gasteiger charge is 2.23. The van der Waals surface area contributed by atoms with Crippen LogP contribution >= 0.6 is 22.9 Å². The summed E-state index contributed by atoms with van der Waals surface area (Å²) in [5.41, 5.74) is 9.74. The fourth-order valence-electron chi connectivity index (χ4n) is 3.74. The number of rotatable bonds is 4. The summed E-state index contributed by atoms with van der Waals surface area (Å²) in [6.45, 7) is 2.23. The molecule has 2 heterocycles. The third kappa shape index (κ3) is 3.42. The topological polar surface area (TPSA) is 77.2 Å². The fourth-order valence-corrected chi connectivity index (χ4v) is 4.90. The van der Waals surface area contributed by atoms with E-state index in [9.17, 15) is 4.79 Å². The number of anilines is 2. The third-order valence-corrected chi connectivity index (χ3v) is 6.73. The minimum absolute atomic E-state index is 0.287. The maximum absolute atomic E-state index is 12.9. The van der Waals surface area contributed by atoms with Gasteiger partial charge >= 0.3 is 0 Å². The summed E-state index contributed by atoms with van der Waals surface area (Å²) in [7, 11) is 1.55. The zero-order chi connectivity index (χ0) is 19.8. The van der Waals surface area contributed by atoms with E-state index in [2.05, 4.69) is 18.3 Å². The molecule has 0 radical (unpaired) electrons. The van der Waals surface area contributed by atoms with Crippen molar-refractivity contribution >= 4 is 50.4 Å². The molecule has 0 unspecified atom stereocenters. The number of halogens is 1. The summed E-state index contributed by atoms with van der Waals surface area (Å²) in [6.07, 6.45) is 4.37. The number of fused-ring (bicyclic) bond motifs is 2. The maximum atomic E-state index is 12.9. The molecular formula is C21H22ClN3O2S. The van der Waals surface area contributed by atoms with Crippen LogP contribution in [0.25, 0.3) is 10.2 Å². The van der Waals surface area contributed by atoms with Crippen LogP contribution in [0.1, 0.15) is 40.7 Å². The van der Waals surface area contributed by atoms with Crippen LogP contribution in [0.3, 0.4) is 0 Å². The second-order valence-electron chi connectivity index (χ2n) is 7.11. The van der Waals surface area contributed by atoms with Gasteiger partial charge in [0.05, 0.1) is 18.5 Å². The Bertz CT molecular complexity index is 1060. The van der Waals surface area contributed by atoms with Crippen LogP contribution in [0.5, 0.6) is 5.75 Å². The number of hydrogen-bond acceptors (Lipinski definition) is 5. The van der Waals surface area contributed by atoms with Gasteiger partial charge in [0.25, 0.3) is 5.91 Å². The number of benzene rings is 1. The van der Waals surface area contributed by atoms with E-state index in [0.717, 1.165) is 28.8 Å². The van der Waals surface area contributed by atoms with Gasteiger partial charge in [-0.2, -0.15) is 0 Å². The van der Waals surface area contributed by atoms with E-state index in [-0.39, 0.29) is 5.91 Å². The van der Waals surface area contributed by atoms with Crippen LogP contribution in [0.4, 0.5) is 11.4 Å². The van der Waals surface area contributed by atoms with E-state index in [4.69, 9.17) is 27.1 Å². The van der Waals surface area contributed by atoms with Gasteiger partial charge in [0.2, 0.25) is 0 Å². The van der Waals surface area contributed by atoms with E-state index < -0.39 is 0 Å². The fraction of sp³-hybridized carbons (Fsp3) is 0.333. The predicted molar refractivity (Wildman–Crippen MR) is 116 cm³/mol. The van der Waals surface area contributed by atoms with Gasteiger partial charge in [0.15, 0.2) is 0 Å². The number of hydrogen-bond donors (Lipinski definition) is 2. The zero-order valence-corrected chi connectivity index (χ0v) is 17.4. The normalized spacial score (nSPS) is 16.0. The Labute approximate surface area is 172 Å². The van der Waals surface area contributed by atoms with E-state index in [1.807, 2.05) is 0 Å². The number of nitrogen functional groups attached to an aromatic ring is 1. The van der Waals surface area contributed by atoms with Crippen molar-refractivity contribution in [3.63, 3.8) is 0 Å². The first-order chi connectivity index (χ1) is 13.5. The molecule has 1 aliphatic rings. The van der Waals surface area contributed by atoms with Crippen molar-refractivity contribution in [2.24, 2.45) is 5.92 Å². The van der Waals surface area contributed by atoms with Crippen molar-refractivity contribution in [1.82, 2.24) is 4.98 Å². The van der Waals surface area contributed by atoms with Crippen molar-refractivity contribution in [2.75, 3.05) is 18.2 Å². The van der Waals surface area contributed by atoms with Crippen molar-refractivity contribution in [1.29, 1.82) is 0 Å². The number of amides is 1. The molecule has 0 bridgehead atoms. The minimum atomic E-state index is -0.287. The maximum Gasteiger partial charge on any atom is 0.268 e. The molecule has 146 valence electrons. The highest BCUT2D eigenvalue weighted by molar-refractivity contribution is 7.21. The number of nitrogens with two attached hydrogens (primary N) is 1. The number of aryl methyl sites for hydroxylation is 1. The number of thiophene rings is 1. The Kier molecular flexibility index (Phi) is 5.17. The number of carbonyl (C=O) groups is 1. The quantitative estimate of drug-likeness (QED) is 0.605. The predicted octanol–water partition coefficient (Wildman–Crippen LogP) is 5.31. The number of ether oxygens (including phenoxy) is 1. The molecule has 3 N–H and O–H groups in total. The monoisotopic (exact) mass is 415 g/mol. The van der Waals surface area contributed by atoms with Crippen LogP contribution in [0, 0.1) is 5.92 Å². The van der Waals surface area contributed by atoms with Gasteiger partial charge < -0.3 is 15.8 Å². The molecule has 1 aliphatic carbocycles. The first-order valence-electron chi connectivity index (χ1n) is 9.35. The summed E-state index contributed by atoms with van der Waals surface area (Å²) in [6, 6.07) is 7.21. The number of methoxy groups -OCH3 is 1. The molecule has 7 heteroatoms. The molecule has 5 nitrogen and oxygen atoms in total. The molecular weight excluding hydrogens is 394 g/mol. The average molecular weight is 416 g/mol. The summed E-state index contributed by atoms with van der Waals surface area (Å²) < 4.78 is 5.30. The lowest BCUT2D eigenvalue weighted by Gasteiger charge is -2.22. The van der Waals surface area contributed by atoms with Crippen LogP contribution in [-0.2, 0) is 12.8 Å². The van der Waals surface area contributed by atoms with Crippen LogP contribution in [-0.4, -0.2) is 18.0 Å². The summed E-state index contributed by atoms with van der Waals surface area (Å²) in [4.78, 5) is 19.0. The lowest BCUT2D eigenvalue weighted by atomic mass is 9.85. The molecule has 28 heavy (non-hydrogen) atoms. The van der Waals surface area contributed by atoms with E-state index in [0.29, 0.717) is 32.9 Å². The van der Waals surface area contributed by atoms with Crippen LogP contribution in [0.15, 0.2) is 24.3 Å². The van der Waals surface area contributed by atoms with Crippen LogP contribution < -0.4 is 15.8 Å². The molecule has 1 aromatic carbocycles. The first kappa shape index (κ1) is 19.0. The summed E-state index contributed by atoms with van der Waals surface area (Å²) >= 11 is 7.38. The number of nitrogens with one attached hydrogen (secondary N) is 1. The molecule has 1 atom stereocenters. The van der Waals surface area contributed by atoms with Gasteiger partial charge in [0, 0.05) is 16.1 Å². The third-order valence-electron chi connectivity index (χ3n) is 5.38. The Balaban J connectivity index is 1.68. The van der Waals surface area contributed by atoms with Crippen molar-refractivity contribution in [3.05, 3.63) is 45.4 Å². The second-order valence-corrected chi connectivity index (χ2v) is 8.54. The van der Waals surface area contributed by atoms with Crippen LogP contribution in [0.2, 0.25) is 5.02 Å². The molecule has 3 aromatic rings. The number of pyridine rings is 1. The summed E-state index contributed by atoms with van der Waals surface area (Å²) in [5, 5.41) is 4.24. The molecule has 1 amide bonds. The second kappa shape index (κ2) is 7.60. The highest BCUT2D eigenvalue weighted by Crippen LogP contribution is 2.37. The zero-order valence-electron chi connectivity index (χ0n) is 15.8. The number of nitrogens with zero attached hydrogens (tertiary/aromatic N) is 1. The lowest BCUT2D eigenvalue weighted by molar-refractivity contribution is 0.103. The Morgan fingerprint density at radius 2 is 2.25 bits per heavy atom. The van der Waals surface area contributed by atoms with E-state index in [1.165, 1.54) is 29.7 Å². The van der Waals surface area contributed by atoms with E-state index >= 15 is 0 Å². The van der Waals surface area contributed by atoms with Crippen molar-refractivity contribution in [3.8, 4) is 5.75 Å². The van der Waals surface area contributed by atoms with Crippen molar-refractivity contribution < 1.29 is 9.53 Å². The molecule has 4 rings (SSSR count). The highest BCUT2D eigenvalue weighted by atomic mass is 35.5. The lowest BCUT2D eigenvalue weighted by Crippen LogP contribution is -2.14. The molecule has 0 fully saturated rings. The smallest absolute Gasteiger partial charge is 0.268 e.